The number of nitriles is 1. The Kier molecular flexibility index (Phi) is 4.81. The normalized spacial score (nSPS) is 10.9. The largest absolute Gasteiger partial charge is 0.494 e. The number of hydrogen-bond acceptors (Lipinski definition) is 2. The fourth-order valence-electron chi connectivity index (χ4n) is 1.84. The van der Waals surface area contributed by atoms with Crippen molar-refractivity contribution in [1.82, 2.24) is 0 Å². The van der Waals surface area contributed by atoms with Gasteiger partial charge in [-0.3, -0.25) is 0 Å². The topological polar surface area (TPSA) is 33.0 Å². The molecule has 2 aromatic rings. The van der Waals surface area contributed by atoms with Crippen molar-refractivity contribution in [3.8, 4) is 11.8 Å². The van der Waals surface area contributed by atoms with E-state index >= 15 is 0 Å². The molecule has 0 aliphatic carbocycles. The van der Waals surface area contributed by atoms with E-state index in [0.29, 0.717) is 17.2 Å². The summed E-state index contributed by atoms with van der Waals surface area (Å²) in [4.78, 5) is 0. The first-order valence-electron chi connectivity index (χ1n) is 6.33. The summed E-state index contributed by atoms with van der Waals surface area (Å²) in [5.41, 5.74) is 2.37. The van der Waals surface area contributed by atoms with Gasteiger partial charge in [0.15, 0.2) is 0 Å². The zero-order valence-electron chi connectivity index (χ0n) is 11.1. The van der Waals surface area contributed by atoms with Crippen LogP contribution in [0.1, 0.15) is 18.1 Å². The molecule has 0 saturated carbocycles. The van der Waals surface area contributed by atoms with Crippen LogP contribution in [0.3, 0.4) is 0 Å². The molecule has 0 N–H and O–H groups in total. The maximum Gasteiger partial charge on any atom is 0.119 e. The number of halogens is 1. The standard InChI is InChI=1S/C17H14ClNO/c1-2-20-17-5-3-4-13(11-17)10-15(12-19)14-6-8-16(18)9-7-14/h3-11H,2H2,1H3/b15-10+. The quantitative estimate of drug-likeness (QED) is 0.596. The van der Waals surface area contributed by atoms with Crippen molar-refractivity contribution >= 4 is 23.3 Å². The monoisotopic (exact) mass is 283 g/mol. The molecule has 0 spiro atoms. The van der Waals surface area contributed by atoms with Gasteiger partial charge in [0.1, 0.15) is 5.75 Å². The van der Waals surface area contributed by atoms with Crippen LogP contribution < -0.4 is 4.74 Å². The summed E-state index contributed by atoms with van der Waals surface area (Å²) in [5.74, 6) is 0.801. The zero-order valence-corrected chi connectivity index (χ0v) is 11.9. The first-order valence-corrected chi connectivity index (χ1v) is 6.71. The molecule has 0 aliphatic rings. The van der Waals surface area contributed by atoms with Gasteiger partial charge in [-0.1, -0.05) is 35.9 Å². The second kappa shape index (κ2) is 6.79. The van der Waals surface area contributed by atoms with Gasteiger partial charge < -0.3 is 4.74 Å². The first-order chi connectivity index (χ1) is 9.72. The first kappa shape index (κ1) is 14.2. The fraction of sp³-hybridized carbons (Fsp3) is 0.118. The van der Waals surface area contributed by atoms with Gasteiger partial charge in [-0.2, -0.15) is 5.26 Å². The van der Waals surface area contributed by atoms with E-state index < -0.39 is 0 Å². The number of nitrogens with zero attached hydrogens (tertiary/aromatic N) is 1. The average molecular weight is 284 g/mol. The van der Waals surface area contributed by atoms with Crippen molar-refractivity contribution in [3.63, 3.8) is 0 Å². The number of benzene rings is 2. The van der Waals surface area contributed by atoms with Gasteiger partial charge in [0.25, 0.3) is 0 Å². The summed E-state index contributed by atoms with van der Waals surface area (Å²) in [6.45, 7) is 2.56. The second-order valence-electron chi connectivity index (χ2n) is 4.18. The van der Waals surface area contributed by atoms with Gasteiger partial charge in [-0.05, 0) is 48.4 Å². The van der Waals surface area contributed by atoms with Crippen LogP contribution in [0.2, 0.25) is 5.02 Å². The Balaban J connectivity index is 2.34. The van der Waals surface area contributed by atoms with Crippen LogP contribution in [0.15, 0.2) is 48.5 Å². The van der Waals surface area contributed by atoms with Gasteiger partial charge >= 0.3 is 0 Å². The summed E-state index contributed by atoms with van der Waals surface area (Å²) in [6.07, 6.45) is 1.84. The molecule has 0 atom stereocenters. The van der Waals surface area contributed by atoms with Crippen LogP contribution in [-0.2, 0) is 0 Å². The van der Waals surface area contributed by atoms with Crippen molar-refractivity contribution in [2.24, 2.45) is 0 Å². The third kappa shape index (κ3) is 3.63. The molecule has 20 heavy (non-hydrogen) atoms. The molecule has 0 aromatic heterocycles. The summed E-state index contributed by atoms with van der Waals surface area (Å²) in [5, 5.41) is 9.96. The molecular formula is C17H14ClNO. The van der Waals surface area contributed by atoms with Crippen molar-refractivity contribution in [1.29, 1.82) is 5.26 Å². The zero-order chi connectivity index (χ0) is 14.4. The minimum atomic E-state index is 0.593. The highest BCUT2D eigenvalue weighted by molar-refractivity contribution is 6.30. The van der Waals surface area contributed by atoms with E-state index in [1.54, 1.807) is 12.1 Å². The van der Waals surface area contributed by atoms with Crippen molar-refractivity contribution in [3.05, 3.63) is 64.7 Å². The van der Waals surface area contributed by atoms with Crippen LogP contribution in [0.4, 0.5) is 0 Å². The minimum absolute atomic E-state index is 0.593. The Hall–Kier alpha value is -2.24. The predicted molar refractivity (Wildman–Crippen MR) is 82.5 cm³/mol. The summed E-state index contributed by atoms with van der Waals surface area (Å²) in [7, 11) is 0. The van der Waals surface area contributed by atoms with E-state index in [1.165, 1.54) is 0 Å². The number of rotatable bonds is 4. The van der Waals surface area contributed by atoms with E-state index in [9.17, 15) is 5.26 Å². The lowest BCUT2D eigenvalue weighted by atomic mass is 10.0. The van der Waals surface area contributed by atoms with E-state index in [4.69, 9.17) is 16.3 Å². The van der Waals surface area contributed by atoms with Crippen molar-refractivity contribution in [2.75, 3.05) is 6.61 Å². The van der Waals surface area contributed by atoms with Gasteiger partial charge in [0.2, 0.25) is 0 Å². The Morgan fingerprint density at radius 3 is 2.65 bits per heavy atom. The Labute approximate surface area is 123 Å². The molecule has 2 aromatic carbocycles. The van der Waals surface area contributed by atoms with Crippen molar-refractivity contribution < 1.29 is 4.74 Å². The maximum atomic E-state index is 9.30. The third-order valence-corrected chi connectivity index (χ3v) is 3.01. The number of allylic oxidation sites excluding steroid dienone is 1. The minimum Gasteiger partial charge on any atom is -0.494 e. The highest BCUT2D eigenvalue weighted by Gasteiger charge is 2.02. The molecule has 3 heteroatoms. The van der Waals surface area contributed by atoms with Crippen LogP contribution >= 0.6 is 11.6 Å². The summed E-state index contributed by atoms with van der Waals surface area (Å²) in [6, 6.07) is 17.1. The number of ether oxygens (including phenoxy) is 1. The van der Waals surface area contributed by atoms with E-state index in [2.05, 4.69) is 6.07 Å². The lowest BCUT2D eigenvalue weighted by Crippen LogP contribution is -1.91. The average Bonchev–Trinajstić information content (AvgIpc) is 2.47. The summed E-state index contributed by atoms with van der Waals surface area (Å²) < 4.78 is 5.45. The van der Waals surface area contributed by atoms with Gasteiger partial charge in [0, 0.05) is 5.02 Å². The molecule has 0 bridgehead atoms. The molecule has 2 nitrogen and oxygen atoms in total. The summed E-state index contributed by atoms with van der Waals surface area (Å²) >= 11 is 5.86. The highest BCUT2D eigenvalue weighted by Crippen LogP contribution is 2.22. The predicted octanol–water partition coefficient (Wildman–Crippen LogP) is 4.80. The molecule has 0 saturated heterocycles. The molecule has 100 valence electrons. The van der Waals surface area contributed by atoms with Crippen LogP contribution in [-0.4, -0.2) is 6.61 Å². The fourth-order valence-corrected chi connectivity index (χ4v) is 1.96. The van der Waals surface area contributed by atoms with Crippen molar-refractivity contribution in [2.45, 2.75) is 6.92 Å². The maximum absolute atomic E-state index is 9.30. The molecule has 0 unspecified atom stereocenters. The SMILES string of the molecule is CCOc1cccc(/C=C(\C#N)c2ccc(Cl)cc2)c1. The molecular weight excluding hydrogens is 270 g/mol. The smallest absolute Gasteiger partial charge is 0.119 e. The Morgan fingerprint density at radius 2 is 2.00 bits per heavy atom. The molecule has 0 amide bonds. The van der Waals surface area contributed by atoms with E-state index in [-0.39, 0.29) is 0 Å². The lowest BCUT2D eigenvalue weighted by Gasteiger charge is -2.04. The van der Waals surface area contributed by atoms with Crippen LogP contribution in [0.5, 0.6) is 5.75 Å². The molecule has 2 rings (SSSR count). The molecule has 0 fully saturated rings. The van der Waals surface area contributed by atoms with Crippen LogP contribution in [0.25, 0.3) is 11.6 Å². The van der Waals surface area contributed by atoms with Gasteiger partial charge in [0.05, 0.1) is 18.2 Å². The Morgan fingerprint density at radius 1 is 1.25 bits per heavy atom. The number of hydrogen-bond donors (Lipinski definition) is 0. The molecule has 0 aliphatic heterocycles. The Bertz CT molecular complexity index is 653. The van der Waals surface area contributed by atoms with E-state index in [0.717, 1.165) is 16.9 Å². The molecule has 0 heterocycles. The highest BCUT2D eigenvalue weighted by atomic mass is 35.5. The van der Waals surface area contributed by atoms with E-state index in [1.807, 2.05) is 49.4 Å². The third-order valence-electron chi connectivity index (χ3n) is 2.76. The van der Waals surface area contributed by atoms with Crippen LogP contribution in [0, 0.1) is 11.3 Å². The molecule has 0 radical (unpaired) electrons. The van der Waals surface area contributed by atoms with Gasteiger partial charge in [-0.15, -0.1) is 0 Å². The lowest BCUT2D eigenvalue weighted by molar-refractivity contribution is 0.340. The van der Waals surface area contributed by atoms with Gasteiger partial charge in [-0.25, -0.2) is 0 Å². The second-order valence-corrected chi connectivity index (χ2v) is 4.62.